The van der Waals surface area contributed by atoms with Crippen LogP contribution in [0.15, 0.2) is 72.5 Å². The first-order valence-electron chi connectivity index (χ1n) is 13.4. The standard InChI is InChI=1S/C31H30N2O6S/c1-19-4-10-24-28(14-19)40-31(33-24)20-5-8-23(9-6-20)32-30(35)27-16-22(17-29(39-27)36-13-3-2-12-34)21-7-11-25-26(15-21)38-18-37-25/h4-11,14-16,22,29,34H,2-3,12-13,17-18H2,1H3,(H,32,35)/t22-,29+/m0/s1. The molecular weight excluding hydrogens is 528 g/mol. The Morgan fingerprint density at radius 3 is 2.77 bits per heavy atom. The molecule has 1 aromatic heterocycles. The lowest BCUT2D eigenvalue weighted by molar-refractivity contribution is -0.143. The van der Waals surface area contributed by atoms with E-state index in [1.165, 1.54) is 5.56 Å². The van der Waals surface area contributed by atoms with Gasteiger partial charge in [-0.1, -0.05) is 12.1 Å². The number of carbonyl (C=O) groups excluding carboxylic acids is 1. The van der Waals surface area contributed by atoms with Crippen LogP contribution in [-0.2, 0) is 14.3 Å². The molecule has 0 aliphatic carbocycles. The minimum atomic E-state index is -0.593. The number of nitrogens with one attached hydrogen (secondary N) is 1. The number of carbonyl (C=O) groups is 1. The number of nitrogens with zero attached hydrogens (tertiary/aromatic N) is 1. The summed E-state index contributed by atoms with van der Waals surface area (Å²) in [4.78, 5) is 18.1. The van der Waals surface area contributed by atoms with E-state index in [0.717, 1.165) is 26.4 Å². The number of hydrogen-bond acceptors (Lipinski definition) is 8. The molecule has 40 heavy (non-hydrogen) atoms. The molecule has 1 amide bonds. The van der Waals surface area contributed by atoms with Gasteiger partial charge in [-0.25, -0.2) is 4.98 Å². The van der Waals surface area contributed by atoms with E-state index in [0.29, 0.717) is 43.1 Å². The molecule has 2 aliphatic heterocycles. The number of hydrogen-bond donors (Lipinski definition) is 2. The van der Waals surface area contributed by atoms with Gasteiger partial charge in [-0.15, -0.1) is 11.3 Å². The van der Waals surface area contributed by atoms with Crippen LogP contribution in [0.2, 0.25) is 0 Å². The van der Waals surface area contributed by atoms with Crippen molar-refractivity contribution in [2.24, 2.45) is 0 Å². The van der Waals surface area contributed by atoms with Crippen LogP contribution in [0.1, 0.15) is 36.3 Å². The summed E-state index contributed by atoms with van der Waals surface area (Å²) >= 11 is 1.65. The summed E-state index contributed by atoms with van der Waals surface area (Å²) < 4.78 is 24.1. The number of anilines is 1. The highest BCUT2D eigenvalue weighted by molar-refractivity contribution is 7.21. The normalized spacial score (nSPS) is 17.9. The molecule has 2 aliphatic rings. The maximum Gasteiger partial charge on any atom is 0.290 e. The topological polar surface area (TPSA) is 99.1 Å². The third-order valence-electron chi connectivity index (χ3n) is 6.90. The van der Waals surface area contributed by atoms with Crippen LogP contribution in [0.25, 0.3) is 20.8 Å². The third kappa shape index (κ3) is 5.82. The lowest BCUT2D eigenvalue weighted by Gasteiger charge is -2.29. The Labute approximate surface area is 236 Å². The lowest BCUT2D eigenvalue weighted by atomic mass is 9.92. The molecule has 6 rings (SSSR count). The first-order valence-corrected chi connectivity index (χ1v) is 14.2. The van der Waals surface area contributed by atoms with Gasteiger partial charge >= 0.3 is 0 Å². The van der Waals surface area contributed by atoms with E-state index in [-0.39, 0.29) is 31.0 Å². The van der Waals surface area contributed by atoms with E-state index in [4.69, 9.17) is 29.0 Å². The highest BCUT2D eigenvalue weighted by Gasteiger charge is 2.30. The number of benzene rings is 3. The van der Waals surface area contributed by atoms with E-state index in [1.807, 2.05) is 54.6 Å². The van der Waals surface area contributed by atoms with Gasteiger partial charge in [0, 0.05) is 30.2 Å². The number of unbranched alkanes of at least 4 members (excludes halogenated alkanes) is 1. The molecule has 206 valence electrons. The molecule has 0 radical (unpaired) electrons. The highest BCUT2D eigenvalue weighted by Crippen LogP contribution is 2.39. The number of rotatable bonds is 9. The Hall–Kier alpha value is -3.92. The second-order valence-corrected chi connectivity index (χ2v) is 10.9. The zero-order chi connectivity index (χ0) is 27.5. The number of allylic oxidation sites excluding steroid dienone is 1. The average molecular weight is 559 g/mol. The predicted molar refractivity (Wildman–Crippen MR) is 154 cm³/mol. The second kappa shape index (κ2) is 11.7. The number of aryl methyl sites for hydroxylation is 1. The van der Waals surface area contributed by atoms with Gasteiger partial charge in [-0.05, 0) is 85.5 Å². The van der Waals surface area contributed by atoms with Crippen molar-refractivity contribution in [3.05, 3.63) is 83.6 Å². The smallest absolute Gasteiger partial charge is 0.290 e. The molecule has 0 spiro atoms. The summed E-state index contributed by atoms with van der Waals surface area (Å²) in [5.41, 5.74) is 4.82. The van der Waals surface area contributed by atoms with E-state index in [1.54, 1.807) is 11.3 Å². The van der Waals surface area contributed by atoms with Crippen molar-refractivity contribution in [3.8, 4) is 22.1 Å². The zero-order valence-electron chi connectivity index (χ0n) is 22.1. The quantitative estimate of drug-likeness (QED) is 0.238. The van der Waals surface area contributed by atoms with Gasteiger partial charge in [0.05, 0.1) is 16.8 Å². The van der Waals surface area contributed by atoms with E-state index >= 15 is 0 Å². The fraction of sp³-hybridized carbons (Fsp3) is 0.290. The number of amides is 1. The van der Waals surface area contributed by atoms with Gasteiger partial charge in [-0.2, -0.15) is 0 Å². The van der Waals surface area contributed by atoms with Crippen LogP contribution in [0.5, 0.6) is 11.5 Å². The molecule has 2 atom stereocenters. The summed E-state index contributed by atoms with van der Waals surface area (Å²) in [7, 11) is 0. The maximum absolute atomic E-state index is 13.3. The largest absolute Gasteiger partial charge is 0.459 e. The molecule has 3 heterocycles. The van der Waals surface area contributed by atoms with Crippen molar-refractivity contribution >= 4 is 33.1 Å². The Balaban J connectivity index is 1.18. The summed E-state index contributed by atoms with van der Waals surface area (Å²) in [6, 6.07) is 19.7. The van der Waals surface area contributed by atoms with Crippen molar-refractivity contribution in [3.63, 3.8) is 0 Å². The van der Waals surface area contributed by atoms with Gasteiger partial charge in [0.25, 0.3) is 5.91 Å². The first-order chi connectivity index (χ1) is 19.6. The van der Waals surface area contributed by atoms with Crippen LogP contribution >= 0.6 is 11.3 Å². The van der Waals surface area contributed by atoms with Crippen LogP contribution in [0, 0.1) is 6.92 Å². The van der Waals surface area contributed by atoms with Crippen molar-refractivity contribution in [1.82, 2.24) is 4.98 Å². The molecular formula is C31H30N2O6S. The fourth-order valence-electron chi connectivity index (χ4n) is 4.77. The van der Waals surface area contributed by atoms with E-state index < -0.39 is 6.29 Å². The number of thiazole rings is 1. The lowest BCUT2D eigenvalue weighted by Crippen LogP contribution is -2.29. The Kier molecular flexibility index (Phi) is 7.68. The molecule has 3 aromatic carbocycles. The Bertz CT molecular complexity index is 1550. The third-order valence-corrected chi connectivity index (χ3v) is 7.96. The van der Waals surface area contributed by atoms with Crippen molar-refractivity contribution in [2.45, 2.75) is 38.4 Å². The monoisotopic (exact) mass is 558 g/mol. The number of aliphatic hydroxyl groups is 1. The average Bonchev–Trinajstić information content (AvgIpc) is 3.62. The van der Waals surface area contributed by atoms with Gasteiger partial charge in [0.1, 0.15) is 5.01 Å². The van der Waals surface area contributed by atoms with Crippen LogP contribution in [0.4, 0.5) is 5.69 Å². The number of aliphatic hydroxyl groups excluding tert-OH is 1. The van der Waals surface area contributed by atoms with Crippen molar-refractivity contribution in [1.29, 1.82) is 0 Å². The maximum atomic E-state index is 13.3. The minimum Gasteiger partial charge on any atom is -0.459 e. The zero-order valence-corrected chi connectivity index (χ0v) is 22.9. The van der Waals surface area contributed by atoms with E-state index in [9.17, 15) is 4.79 Å². The molecule has 9 heteroatoms. The minimum absolute atomic E-state index is 0.111. The van der Waals surface area contributed by atoms with Crippen molar-refractivity contribution in [2.75, 3.05) is 25.3 Å². The van der Waals surface area contributed by atoms with Crippen LogP contribution in [-0.4, -0.2) is 42.3 Å². The summed E-state index contributed by atoms with van der Waals surface area (Å²) in [5.74, 6) is 1.13. The fourth-order valence-corrected chi connectivity index (χ4v) is 5.84. The van der Waals surface area contributed by atoms with E-state index in [2.05, 4.69) is 24.4 Å². The van der Waals surface area contributed by atoms with Crippen molar-refractivity contribution < 1.29 is 28.8 Å². The second-order valence-electron chi connectivity index (χ2n) is 9.86. The molecule has 0 fully saturated rings. The Morgan fingerprint density at radius 1 is 1.07 bits per heavy atom. The molecule has 2 N–H and O–H groups in total. The molecule has 0 saturated heterocycles. The number of ether oxygens (including phenoxy) is 4. The molecule has 0 saturated carbocycles. The summed E-state index contributed by atoms with van der Waals surface area (Å²) in [5, 5.41) is 13.0. The summed E-state index contributed by atoms with van der Waals surface area (Å²) in [6.07, 6.45) is 3.14. The molecule has 0 bridgehead atoms. The van der Waals surface area contributed by atoms with Gasteiger partial charge < -0.3 is 29.4 Å². The summed E-state index contributed by atoms with van der Waals surface area (Å²) in [6.45, 7) is 2.81. The van der Waals surface area contributed by atoms with Gasteiger partial charge in [0.15, 0.2) is 17.3 Å². The SMILES string of the molecule is Cc1ccc2nc(-c3ccc(NC(=O)C4=C[C@H](c5ccc6c(c5)OCO6)C[C@H](OCCCCO)O4)cc3)sc2c1. The number of aromatic nitrogens is 1. The van der Waals surface area contributed by atoms with Crippen LogP contribution < -0.4 is 14.8 Å². The Morgan fingerprint density at radius 2 is 1.93 bits per heavy atom. The number of fused-ring (bicyclic) bond motifs is 2. The van der Waals surface area contributed by atoms with Crippen LogP contribution in [0.3, 0.4) is 0 Å². The van der Waals surface area contributed by atoms with Gasteiger partial charge in [0.2, 0.25) is 13.1 Å². The highest BCUT2D eigenvalue weighted by atomic mass is 32.1. The molecule has 0 unspecified atom stereocenters. The molecule has 4 aromatic rings. The van der Waals surface area contributed by atoms with Gasteiger partial charge in [-0.3, -0.25) is 4.79 Å². The predicted octanol–water partition coefficient (Wildman–Crippen LogP) is 6.14. The molecule has 8 nitrogen and oxygen atoms in total. The first kappa shape index (κ1) is 26.3.